The maximum atomic E-state index is 11.1. The Balaban J connectivity index is 2.77. The highest BCUT2D eigenvalue weighted by atomic mass is 17.2. The number of hydrogen-bond acceptors (Lipinski definition) is 3. The van der Waals surface area contributed by atoms with E-state index in [1.54, 1.807) is 31.2 Å². The quantitative estimate of drug-likeness (QED) is 0.592. The second-order valence-corrected chi connectivity index (χ2v) is 5.02. The summed E-state index contributed by atoms with van der Waals surface area (Å²) in [6.07, 6.45) is 6.73. The molecular formula is C12H18O4. The first-order valence-electron chi connectivity index (χ1n) is 5.20. The molecule has 0 aromatic rings. The second kappa shape index (κ2) is 4.39. The summed E-state index contributed by atoms with van der Waals surface area (Å²) in [6, 6.07) is 0. The van der Waals surface area contributed by atoms with Gasteiger partial charge < -0.3 is 5.11 Å². The van der Waals surface area contributed by atoms with E-state index >= 15 is 0 Å². The van der Waals surface area contributed by atoms with Gasteiger partial charge in [0.25, 0.3) is 0 Å². The summed E-state index contributed by atoms with van der Waals surface area (Å²) in [5, 5.41) is 9.08. The largest absolute Gasteiger partial charge is 0.481 e. The van der Waals surface area contributed by atoms with Crippen LogP contribution in [0.5, 0.6) is 0 Å². The summed E-state index contributed by atoms with van der Waals surface area (Å²) >= 11 is 0. The molecule has 0 bridgehead atoms. The summed E-state index contributed by atoms with van der Waals surface area (Å²) in [7, 11) is 0. The highest BCUT2D eigenvalue weighted by Gasteiger charge is 2.40. The van der Waals surface area contributed by atoms with Crippen molar-refractivity contribution in [2.75, 3.05) is 0 Å². The van der Waals surface area contributed by atoms with E-state index in [1.807, 2.05) is 20.8 Å². The fraction of sp³-hybridized carbons (Fsp3) is 0.583. The first kappa shape index (κ1) is 12.9. The van der Waals surface area contributed by atoms with Crippen molar-refractivity contribution in [2.24, 2.45) is 5.92 Å². The van der Waals surface area contributed by atoms with Gasteiger partial charge >= 0.3 is 5.97 Å². The first-order chi connectivity index (χ1) is 7.25. The molecule has 16 heavy (non-hydrogen) atoms. The maximum Gasteiger partial charge on any atom is 0.313 e. The lowest BCUT2D eigenvalue weighted by molar-refractivity contribution is -0.395. The standard InChI is InChI=1S/C12H18O4/c1-11(2,3)15-16-12(4)8-6-5-7-9(12)10(13)14/h5-9H,1-4H3,(H,13,14). The van der Waals surface area contributed by atoms with Gasteiger partial charge in [-0.15, -0.1) is 0 Å². The molecule has 0 radical (unpaired) electrons. The molecule has 0 fully saturated rings. The molecule has 1 aliphatic rings. The van der Waals surface area contributed by atoms with Crippen LogP contribution in [0.4, 0.5) is 0 Å². The average molecular weight is 226 g/mol. The first-order valence-corrected chi connectivity index (χ1v) is 5.20. The third kappa shape index (κ3) is 3.18. The van der Waals surface area contributed by atoms with Crippen molar-refractivity contribution < 1.29 is 19.7 Å². The molecule has 2 unspecified atom stereocenters. The molecule has 4 nitrogen and oxygen atoms in total. The lowest BCUT2D eigenvalue weighted by Crippen LogP contribution is -2.42. The van der Waals surface area contributed by atoms with Crippen LogP contribution >= 0.6 is 0 Å². The molecule has 1 rings (SSSR count). The van der Waals surface area contributed by atoms with Crippen LogP contribution in [0, 0.1) is 5.92 Å². The minimum absolute atomic E-state index is 0.471. The Morgan fingerprint density at radius 3 is 2.50 bits per heavy atom. The van der Waals surface area contributed by atoms with Gasteiger partial charge in [0, 0.05) is 0 Å². The normalized spacial score (nSPS) is 29.4. The maximum absolute atomic E-state index is 11.1. The summed E-state index contributed by atoms with van der Waals surface area (Å²) in [5.74, 6) is -1.67. The summed E-state index contributed by atoms with van der Waals surface area (Å²) in [6.45, 7) is 7.22. The van der Waals surface area contributed by atoms with Gasteiger partial charge in [0.1, 0.15) is 11.5 Å². The van der Waals surface area contributed by atoms with Crippen LogP contribution in [0.3, 0.4) is 0 Å². The molecule has 90 valence electrons. The average Bonchev–Trinajstić information content (AvgIpc) is 2.14. The minimum Gasteiger partial charge on any atom is -0.481 e. The summed E-state index contributed by atoms with van der Waals surface area (Å²) < 4.78 is 0. The van der Waals surface area contributed by atoms with Crippen LogP contribution < -0.4 is 0 Å². The molecule has 0 spiro atoms. The van der Waals surface area contributed by atoms with Gasteiger partial charge in [0.2, 0.25) is 0 Å². The number of rotatable bonds is 3. The van der Waals surface area contributed by atoms with Crippen molar-refractivity contribution in [3.8, 4) is 0 Å². The van der Waals surface area contributed by atoms with Crippen molar-refractivity contribution in [1.82, 2.24) is 0 Å². The molecular weight excluding hydrogens is 208 g/mol. The summed E-state index contributed by atoms with van der Waals surface area (Å²) in [5.41, 5.74) is -1.44. The van der Waals surface area contributed by atoms with E-state index in [2.05, 4.69) is 0 Å². The number of hydrogen-bond donors (Lipinski definition) is 1. The molecule has 0 saturated carbocycles. The highest BCUT2D eigenvalue weighted by molar-refractivity contribution is 5.74. The number of carboxylic acid groups (broad SMARTS) is 1. The summed E-state index contributed by atoms with van der Waals surface area (Å²) in [4.78, 5) is 21.6. The van der Waals surface area contributed by atoms with Crippen LogP contribution in [-0.2, 0) is 14.6 Å². The molecule has 2 atom stereocenters. The Kier molecular flexibility index (Phi) is 3.55. The minimum atomic E-state index is -0.964. The van der Waals surface area contributed by atoms with Gasteiger partial charge in [-0.1, -0.05) is 18.2 Å². The zero-order chi connectivity index (χ0) is 12.4. The Morgan fingerprint density at radius 2 is 2.00 bits per heavy atom. The predicted octanol–water partition coefficient (Wildman–Crippen LogP) is 2.32. The highest BCUT2D eigenvalue weighted by Crippen LogP contribution is 2.30. The van der Waals surface area contributed by atoms with Crippen molar-refractivity contribution in [2.45, 2.75) is 38.9 Å². The van der Waals surface area contributed by atoms with E-state index in [1.165, 1.54) is 0 Å². The van der Waals surface area contributed by atoms with Gasteiger partial charge in [-0.2, -0.15) is 0 Å². The van der Waals surface area contributed by atoms with Crippen LogP contribution in [0.2, 0.25) is 0 Å². The van der Waals surface area contributed by atoms with E-state index in [0.717, 1.165) is 0 Å². The van der Waals surface area contributed by atoms with E-state index in [9.17, 15) is 4.79 Å². The van der Waals surface area contributed by atoms with Crippen molar-refractivity contribution >= 4 is 5.97 Å². The topological polar surface area (TPSA) is 55.8 Å². The number of allylic oxidation sites excluding steroid dienone is 2. The third-order valence-corrected chi connectivity index (χ3v) is 2.20. The molecule has 0 amide bonds. The lowest BCUT2D eigenvalue weighted by Gasteiger charge is -2.33. The van der Waals surface area contributed by atoms with Crippen molar-refractivity contribution in [1.29, 1.82) is 0 Å². The Morgan fingerprint density at radius 1 is 1.38 bits per heavy atom. The van der Waals surface area contributed by atoms with Crippen LogP contribution in [0.1, 0.15) is 27.7 Å². The molecule has 0 aliphatic heterocycles. The molecule has 0 aromatic carbocycles. The van der Waals surface area contributed by atoms with Crippen LogP contribution in [-0.4, -0.2) is 22.3 Å². The lowest BCUT2D eigenvalue weighted by atomic mass is 9.85. The molecule has 4 heteroatoms. The monoisotopic (exact) mass is 226 g/mol. The fourth-order valence-electron chi connectivity index (χ4n) is 1.34. The predicted molar refractivity (Wildman–Crippen MR) is 59.7 cm³/mol. The molecule has 0 heterocycles. The number of carbonyl (C=O) groups is 1. The van der Waals surface area contributed by atoms with E-state index < -0.39 is 23.1 Å². The third-order valence-electron chi connectivity index (χ3n) is 2.20. The number of aliphatic carboxylic acids is 1. The molecule has 1 aliphatic carbocycles. The van der Waals surface area contributed by atoms with E-state index in [0.29, 0.717) is 0 Å². The molecule has 0 saturated heterocycles. The van der Waals surface area contributed by atoms with Gasteiger partial charge in [-0.05, 0) is 33.8 Å². The van der Waals surface area contributed by atoms with Gasteiger partial charge in [0.05, 0.1) is 5.60 Å². The second-order valence-electron chi connectivity index (χ2n) is 5.02. The molecule has 0 aromatic heterocycles. The number of carboxylic acids is 1. The van der Waals surface area contributed by atoms with E-state index in [4.69, 9.17) is 14.9 Å². The van der Waals surface area contributed by atoms with Gasteiger partial charge in [0.15, 0.2) is 0 Å². The van der Waals surface area contributed by atoms with Crippen LogP contribution in [0.25, 0.3) is 0 Å². The van der Waals surface area contributed by atoms with Crippen molar-refractivity contribution in [3.63, 3.8) is 0 Å². The van der Waals surface area contributed by atoms with Crippen LogP contribution in [0.15, 0.2) is 24.3 Å². The van der Waals surface area contributed by atoms with Crippen molar-refractivity contribution in [3.05, 3.63) is 24.3 Å². The molecule has 1 N–H and O–H groups in total. The zero-order valence-corrected chi connectivity index (χ0v) is 10.1. The SMILES string of the molecule is CC(C)(C)OOC1(C)C=CC=CC1C(=O)O. The van der Waals surface area contributed by atoms with E-state index in [-0.39, 0.29) is 0 Å². The Labute approximate surface area is 95.5 Å². The zero-order valence-electron chi connectivity index (χ0n) is 10.1. The Hall–Kier alpha value is -1.13. The van der Waals surface area contributed by atoms with Gasteiger partial charge in [-0.3, -0.25) is 4.79 Å². The van der Waals surface area contributed by atoms with Gasteiger partial charge in [-0.25, -0.2) is 9.78 Å². The fourth-order valence-corrected chi connectivity index (χ4v) is 1.34. The Bertz CT molecular complexity index is 324. The smallest absolute Gasteiger partial charge is 0.313 e.